The van der Waals surface area contributed by atoms with Gasteiger partial charge in [-0.1, -0.05) is 23.2 Å². The van der Waals surface area contributed by atoms with Crippen LogP contribution in [0.3, 0.4) is 0 Å². The third-order valence-corrected chi connectivity index (χ3v) is 2.95. The highest BCUT2D eigenvalue weighted by Crippen LogP contribution is 2.17. The number of nitrogens with one attached hydrogen (secondary N) is 1. The smallest absolute Gasteiger partial charge is 0.277 e. The van der Waals surface area contributed by atoms with E-state index in [1.807, 2.05) is 0 Å². The van der Waals surface area contributed by atoms with Crippen molar-refractivity contribution in [3.8, 4) is 11.8 Å². The number of aryl methyl sites for hydroxylation is 1. The zero-order valence-electron chi connectivity index (χ0n) is 10.3. The average molecular weight is 276 g/mol. The van der Waals surface area contributed by atoms with E-state index in [1.54, 1.807) is 30.2 Å². The van der Waals surface area contributed by atoms with Gasteiger partial charge >= 0.3 is 0 Å². The Morgan fingerprint density at radius 2 is 2.47 bits per heavy atom. The summed E-state index contributed by atoms with van der Waals surface area (Å²) in [4.78, 5) is 16.6. The molecule has 0 saturated carbocycles. The Bertz CT molecular complexity index is 635. The number of carbonyl (C=O) groups excluding carboxylic acids is 1. The Morgan fingerprint density at radius 3 is 3.16 bits per heavy atom. The molecule has 2 N–H and O–H groups in total. The predicted octanol–water partition coefficient (Wildman–Crippen LogP) is 0.863. The van der Waals surface area contributed by atoms with Crippen molar-refractivity contribution in [1.29, 1.82) is 0 Å². The van der Waals surface area contributed by atoms with Crippen LogP contribution in [0.15, 0.2) is 18.5 Å². The van der Waals surface area contributed by atoms with Gasteiger partial charge in [-0.2, -0.15) is 5.10 Å². The summed E-state index contributed by atoms with van der Waals surface area (Å²) >= 11 is 1.28. The van der Waals surface area contributed by atoms with Crippen molar-refractivity contribution >= 4 is 22.4 Å². The molecule has 0 aliphatic carbocycles. The third-order valence-electron chi connectivity index (χ3n) is 2.12. The highest BCUT2D eigenvalue weighted by Gasteiger charge is 2.10. The summed E-state index contributed by atoms with van der Waals surface area (Å²) in [5, 5.41) is 15.7. The Hall–Kier alpha value is -2.17. The Balaban J connectivity index is 2.00. The number of anilines is 1. The van der Waals surface area contributed by atoms with Crippen molar-refractivity contribution in [2.75, 3.05) is 11.9 Å². The van der Waals surface area contributed by atoms with Crippen molar-refractivity contribution in [3.63, 3.8) is 0 Å². The first-order chi connectivity index (χ1) is 9.19. The number of rotatable bonds is 3. The number of aromatic nitrogens is 3. The molecule has 0 bridgehead atoms. The summed E-state index contributed by atoms with van der Waals surface area (Å²) in [5.41, 5.74) is 0.339. The van der Waals surface area contributed by atoms with Crippen LogP contribution in [0.2, 0.25) is 0 Å². The van der Waals surface area contributed by atoms with Gasteiger partial charge in [0.2, 0.25) is 0 Å². The zero-order chi connectivity index (χ0) is 13.7. The molecule has 2 aromatic rings. The maximum atomic E-state index is 11.8. The summed E-state index contributed by atoms with van der Waals surface area (Å²) in [5.74, 6) is 5.35. The topological polar surface area (TPSA) is 80.0 Å². The monoisotopic (exact) mass is 276 g/mol. The summed E-state index contributed by atoms with van der Waals surface area (Å²) in [6.45, 7) is 0.0368. The number of aliphatic hydroxyl groups excluding tert-OH is 1. The van der Waals surface area contributed by atoms with Crippen molar-refractivity contribution in [2.45, 2.75) is 6.42 Å². The van der Waals surface area contributed by atoms with E-state index in [0.717, 1.165) is 4.88 Å². The lowest BCUT2D eigenvalue weighted by molar-refractivity contribution is 0.102. The van der Waals surface area contributed by atoms with Gasteiger partial charge in [-0.25, -0.2) is 4.98 Å². The van der Waals surface area contributed by atoms with Gasteiger partial charge in [-0.15, -0.1) is 0 Å². The Morgan fingerprint density at radius 1 is 1.63 bits per heavy atom. The normalized spacial score (nSPS) is 9.79. The van der Waals surface area contributed by atoms with Crippen LogP contribution in [0.5, 0.6) is 0 Å². The molecule has 6 nitrogen and oxygen atoms in total. The lowest BCUT2D eigenvalue weighted by Crippen LogP contribution is -2.12. The van der Waals surface area contributed by atoms with E-state index in [2.05, 4.69) is 27.2 Å². The number of thiazole rings is 1. The molecule has 0 fully saturated rings. The minimum atomic E-state index is -0.301. The lowest BCUT2D eigenvalue weighted by Gasteiger charge is -1.96. The first-order valence-corrected chi connectivity index (χ1v) is 6.37. The number of hydrogen-bond acceptors (Lipinski definition) is 5. The largest absolute Gasteiger partial charge is 0.395 e. The van der Waals surface area contributed by atoms with Gasteiger partial charge in [-0.3, -0.25) is 14.8 Å². The molecule has 0 aromatic carbocycles. The second-order valence-corrected chi connectivity index (χ2v) is 4.66. The molecule has 1 amide bonds. The van der Waals surface area contributed by atoms with E-state index >= 15 is 0 Å². The van der Waals surface area contributed by atoms with Gasteiger partial charge in [0.05, 0.1) is 17.7 Å². The first-order valence-electron chi connectivity index (χ1n) is 5.55. The standard InChI is InChI=1S/C12H12N4O2S/c1-16-6-5-10(15-16)11(18)14-12-13-8-9(19-12)4-2-3-7-17/h5-6,8,17H,3,7H2,1H3,(H,13,14,18). The van der Waals surface area contributed by atoms with Gasteiger partial charge in [0.15, 0.2) is 10.8 Å². The molecule has 0 saturated heterocycles. The molecule has 2 aromatic heterocycles. The van der Waals surface area contributed by atoms with Crippen LogP contribution in [-0.2, 0) is 7.05 Å². The van der Waals surface area contributed by atoms with Crippen LogP contribution in [-0.4, -0.2) is 32.4 Å². The van der Waals surface area contributed by atoms with Gasteiger partial charge in [0.1, 0.15) is 0 Å². The highest BCUT2D eigenvalue weighted by molar-refractivity contribution is 7.16. The fourth-order valence-corrected chi connectivity index (χ4v) is 1.98. The summed E-state index contributed by atoms with van der Waals surface area (Å²) in [6.07, 6.45) is 3.71. The van der Waals surface area contributed by atoms with E-state index in [9.17, 15) is 4.79 Å². The number of aliphatic hydroxyl groups is 1. The van der Waals surface area contributed by atoms with Crippen LogP contribution in [0, 0.1) is 11.8 Å². The van der Waals surface area contributed by atoms with Crippen LogP contribution < -0.4 is 5.32 Å². The molecular weight excluding hydrogens is 264 g/mol. The average Bonchev–Trinajstić information content (AvgIpc) is 2.99. The van der Waals surface area contributed by atoms with Crippen molar-refractivity contribution in [2.24, 2.45) is 7.05 Å². The molecule has 0 unspecified atom stereocenters. The van der Waals surface area contributed by atoms with E-state index in [-0.39, 0.29) is 12.5 Å². The molecule has 0 spiro atoms. The summed E-state index contributed by atoms with van der Waals surface area (Å²) < 4.78 is 1.56. The lowest BCUT2D eigenvalue weighted by atomic mass is 10.4. The van der Waals surface area contributed by atoms with Crippen LogP contribution >= 0.6 is 11.3 Å². The highest BCUT2D eigenvalue weighted by atomic mass is 32.1. The van der Waals surface area contributed by atoms with Crippen molar-refractivity contribution < 1.29 is 9.90 Å². The molecule has 0 atom stereocenters. The van der Waals surface area contributed by atoms with Crippen molar-refractivity contribution in [3.05, 3.63) is 29.0 Å². The molecule has 7 heteroatoms. The Kier molecular flexibility index (Phi) is 4.28. The minimum absolute atomic E-state index is 0.0368. The van der Waals surface area contributed by atoms with E-state index in [1.165, 1.54) is 11.3 Å². The fraction of sp³-hybridized carbons (Fsp3) is 0.250. The van der Waals surface area contributed by atoms with Gasteiger partial charge in [0.25, 0.3) is 5.91 Å². The number of amides is 1. The molecular formula is C12H12N4O2S. The Labute approximate surface area is 114 Å². The van der Waals surface area contributed by atoms with Gasteiger partial charge in [-0.05, 0) is 6.07 Å². The molecule has 98 valence electrons. The van der Waals surface area contributed by atoms with Gasteiger partial charge in [0, 0.05) is 19.7 Å². The molecule has 0 aliphatic rings. The maximum Gasteiger partial charge on any atom is 0.277 e. The molecule has 0 aliphatic heterocycles. The second kappa shape index (κ2) is 6.13. The quantitative estimate of drug-likeness (QED) is 0.815. The SMILES string of the molecule is Cn1ccc(C(=O)Nc2ncc(C#CCCO)s2)n1. The van der Waals surface area contributed by atoms with Gasteiger partial charge < -0.3 is 5.11 Å². The predicted molar refractivity (Wildman–Crippen MR) is 71.9 cm³/mol. The minimum Gasteiger partial charge on any atom is -0.395 e. The van der Waals surface area contributed by atoms with E-state index < -0.39 is 0 Å². The molecule has 19 heavy (non-hydrogen) atoms. The van der Waals surface area contributed by atoms with Crippen LogP contribution in [0.1, 0.15) is 21.8 Å². The maximum absolute atomic E-state index is 11.8. The van der Waals surface area contributed by atoms with Crippen LogP contribution in [0.25, 0.3) is 0 Å². The van der Waals surface area contributed by atoms with Crippen LogP contribution in [0.4, 0.5) is 5.13 Å². The van der Waals surface area contributed by atoms with E-state index in [0.29, 0.717) is 17.2 Å². The number of hydrogen-bond donors (Lipinski definition) is 2. The number of nitrogens with zero attached hydrogens (tertiary/aromatic N) is 3. The fourth-order valence-electron chi connectivity index (χ4n) is 1.29. The molecule has 0 radical (unpaired) electrons. The zero-order valence-corrected chi connectivity index (χ0v) is 11.1. The number of carbonyl (C=O) groups is 1. The molecule has 2 heterocycles. The second-order valence-electron chi connectivity index (χ2n) is 3.63. The summed E-state index contributed by atoms with van der Waals surface area (Å²) in [6, 6.07) is 1.63. The molecule has 2 rings (SSSR count). The first kappa shape index (κ1) is 13.3. The third kappa shape index (κ3) is 3.64. The van der Waals surface area contributed by atoms with E-state index in [4.69, 9.17) is 5.11 Å². The van der Waals surface area contributed by atoms with Crippen molar-refractivity contribution in [1.82, 2.24) is 14.8 Å². The summed E-state index contributed by atoms with van der Waals surface area (Å²) in [7, 11) is 1.75.